The zero-order valence-corrected chi connectivity index (χ0v) is 25.6. The molecule has 2 aromatic rings. The molecule has 3 fully saturated rings. The van der Waals surface area contributed by atoms with Crippen LogP contribution in [0.25, 0.3) is 0 Å². The number of methoxy groups -OCH3 is 1. The van der Waals surface area contributed by atoms with Crippen molar-refractivity contribution in [3.63, 3.8) is 0 Å². The SMILES string of the molecule is COc1ccc(N2CCOCC2)cc1CN[C@H]1[C@H](C(C)(C)C)[C@@H](C(=O)O)N(C(=O)C2CCCCC2)[C@H]1c1ccccc1. The van der Waals surface area contributed by atoms with Crippen LogP contribution in [0.5, 0.6) is 5.75 Å². The molecule has 1 amide bonds. The van der Waals surface area contributed by atoms with Crippen molar-refractivity contribution in [2.75, 3.05) is 38.3 Å². The second kappa shape index (κ2) is 13.0. The van der Waals surface area contributed by atoms with Gasteiger partial charge in [0.2, 0.25) is 5.91 Å². The molecule has 2 saturated heterocycles. The van der Waals surface area contributed by atoms with Gasteiger partial charge in [0.05, 0.1) is 26.4 Å². The van der Waals surface area contributed by atoms with Gasteiger partial charge in [0.1, 0.15) is 11.8 Å². The third-order valence-corrected chi connectivity index (χ3v) is 9.44. The van der Waals surface area contributed by atoms with Crippen molar-refractivity contribution in [3.05, 3.63) is 59.7 Å². The van der Waals surface area contributed by atoms with Crippen molar-refractivity contribution >= 4 is 17.6 Å². The maximum absolute atomic E-state index is 14.3. The van der Waals surface area contributed by atoms with Crippen LogP contribution in [0, 0.1) is 17.3 Å². The molecule has 2 aromatic carbocycles. The van der Waals surface area contributed by atoms with E-state index < -0.39 is 18.1 Å². The first kappa shape index (κ1) is 30.4. The van der Waals surface area contributed by atoms with Gasteiger partial charge >= 0.3 is 5.97 Å². The number of nitrogens with zero attached hydrogens (tertiary/aromatic N) is 2. The number of benzene rings is 2. The molecule has 0 spiro atoms. The average Bonchev–Trinajstić information content (AvgIpc) is 3.37. The normalized spacial score (nSPS) is 25.4. The molecule has 1 saturated carbocycles. The summed E-state index contributed by atoms with van der Waals surface area (Å²) in [5.74, 6) is -0.610. The lowest BCUT2D eigenvalue weighted by Crippen LogP contribution is -2.49. The lowest BCUT2D eigenvalue weighted by Gasteiger charge is -2.36. The number of carboxylic acid groups (broad SMARTS) is 1. The molecule has 0 radical (unpaired) electrons. The number of anilines is 1. The second-order valence-electron chi connectivity index (χ2n) is 13.1. The van der Waals surface area contributed by atoms with Gasteiger partial charge < -0.3 is 29.7 Å². The van der Waals surface area contributed by atoms with E-state index in [0.29, 0.717) is 19.8 Å². The number of nitrogens with one attached hydrogen (secondary N) is 1. The number of hydrogen-bond acceptors (Lipinski definition) is 6. The molecular formula is C34H47N3O5. The molecule has 2 aliphatic heterocycles. The number of carbonyl (C=O) groups is 2. The number of carboxylic acids is 1. The van der Waals surface area contributed by atoms with E-state index in [4.69, 9.17) is 9.47 Å². The summed E-state index contributed by atoms with van der Waals surface area (Å²) in [5.41, 5.74) is 2.71. The second-order valence-corrected chi connectivity index (χ2v) is 13.1. The van der Waals surface area contributed by atoms with Crippen LogP contribution in [0.4, 0.5) is 5.69 Å². The van der Waals surface area contributed by atoms with Crippen LogP contribution in [0.15, 0.2) is 48.5 Å². The Labute approximate surface area is 250 Å². The molecule has 8 nitrogen and oxygen atoms in total. The van der Waals surface area contributed by atoms with Gasteiger partial charge in [0.15, 0.2) is 0 Å². The van der Waals surface area contributed by atoms with Crippen molar-refractivity contribution in [2.24, 2.45) is 17.3 Å². The topological polar surface area (TPSA) is 91.3 Å². The van der Waals surface area contributed by atoms with Gasteiger partial charge in [-0.15, -0.1) is 0 Å². The van der Waals surface area contributed by atoms with E-state index >= 15 is 0 Å². The van der Waals surface area contributed by atoms with Gasteiger partial charge in [-0.25, -0.2) is 4.79 Å². The summed E-state index contributed by atoms with van der Waals surface area (Å²) in [4.78, 5) is 31.5. The van der Waals surface area contributed by atoms with Crippen molar-refractivity contribution < 1.29 is 24.2 Å². The highest BCUT2D eigenvalue weighted by atomic mass is 16.5. The van der Waals surface area contributed by atoms with Crippen LogP contribution in [0.3, 0.4) is 0 Å². The molecule has 3 aliphatic rings. The van der Waals surface area contributed by atoms with E-state index in [1.54, 1.807) is 12.0 Å². The highest BCUT2D eigenvalue weighted by Gasteiger charge is 2.58. The Balaban J connectivity index is 1.54. The smallest absolute Gasteiger partial charge is 0.326 e. The van der Waals surface area contributed by atoms with Crippen LogP contribution in [-0.2, 0) is 20.9 Å². The summed E-state index contributed by atoms with van der Waals surface area (Å²) < 4.78 is 11.3. The van der Waals surface area contributed by atoms with Gasteiger partial charge in [-0.2, -0.15) is 0 Å². The predicted octanol–water partition coefficient (Wildman–Crippen LogP) is 5.27. The maximum atomic E-state index is 14.3. The molecule has 0 unspecified atom stereocenters. The summed E-state index contributed by atoms with van der Waals surface area (Å²) in [5, 5.41) is 14.5. The lowest BCUT2D eigenvalue weighted by atomic mass is 9.72. The zero-order chi connectivity index (χ0) is 29.9. The molecule has 1 aliphatic carbocycles. The summed E-state index contributed by atoms with van der Waals surface area (Å²) in [6.07, 6.45) is 4.82. The third-order valence-electron chi connectivity index (χ3n) is 9.44. The predicted molar refractivity (Wildman–Crippen MR) is 164 cm³/mol. The number of likely N-dealkylation sites (tertiary alicyclic amines) is 1. The number of aliphatic carboxylic acids is 1. The van der Waals surface area contributed by atoms with Crippen molar-refractivity contribution in [1.82, 2.24) is 10.2 Å². The van der Waals surface area contributed by atoms with E-state index in [0.717, 1.165) is 67.8 Å². The Kier molecular flexibility index (Phi) is 9.43. The van der Waals surface area contributed by atoms with Gasteiger partial charge in [-0.05, 0) is 42.0 Å². The number of ether oxygens (including phenoxy) is 2. The summed E-state index contributed by atoms with van der Waals surface area (Å²) in [7, 11) is 1.68. The minimum atomic E-state index is -0.934. The molecule has 228 valence electrons. The molecule has 0 aromatic heterocycles. The van der Waals surface area contributed by atoms with Gasteiger partial charge in [0, 0.05) is 48.8 Å². The van der Waals surface area contributed by atoms with Crippen molar-refractivity contribution in [2.45, 2.75) is 77.5 Å². The molecule has 42 heavy (non-hydrogen) atoms. The van der Waals surface area contributed by atoms with Crippen LogP contribution in [0.1, 0.15) is 70.0 Å². The molecule has 0 bridgehead atoms. The maximum Gasteiger partial charge on any atom is 0.326 e. The Morgan fingerprint density at radius 3 is 2.33 bits per heavy atom. The number of amides is 1. The first-order chi connectivity index (χ1) is 20.2. The summed E-state index contributed by atoms with van der Waals surface area (Å²) in [6, 6.07) is 14.6. The van der Waals surface area contributed by atoms with E-state index in [1.165, 1.54) is 0 Å². The molecule has 2 N–H and O–H groups in total. The van der Waals surface area contributed by atoms with Crippen LogP contribution in [0.2, 0.25) is 0 Å². The van der Waals surface area contributed by atoms with Crippen LogP contribution >= 0.6 is 0 Å². The Morgan fingerprint density at radius 1 is 1.02 bits per heavy atom. The minimum absolute atomic E-state index is 0.0126. The third kappa shape index (κ3) is 6.30. The zero-order valence-electron chi connectivity index (χ0n) is 25.6. The standard InChI is InChI=1S/C34H47N3O5/c1-34(2,3)28-29(35-22-25-21-26(15-16-27(25)41-4)36-17-19-42-20-18-36)30(23-11-7-5-8-12-23)37(31(28)33(39)40)32(38)24-13-9-6-10-14-24/h5,7-8,11-12,15-16,21,24,28-31,35H,6,9-10,13-14,17-20,22H2,1-4H3,(H,39,40)/t28-,29-,30-,31-/m0/s1. The molecule has 2 heterocycles. The number of carbonyl (C=O) groups excluding carboxylic acids is 1. The van der Waals surface area contributed by atoms with Crippen molar-refractivity contribution in [1.29, 1.82) is 0 Å². The number of hydrogen-bond donors (Lipinski definition) is 2. The highest BCUT2D eigenvalue weighted by Crippen LogP contribution is 2.49. The first-order valence-corrected chi connectivity index (χ1v) is 15.5. The first-order valence-electron chi connectivity index (χ1n) is 15.5. The molecule has 4 atom stereocenters. The molecule has 5 rings (SSSR count). The van der Waals surface area contributed by atoms with Gasteiger partial charge in [-0.3, -0.25) is 4.79 Å². The monoisotopic (exact) mass is 577 g/mol. The quantitative estimate of drug-likeness (QED) is 0.442. The fraction of sp³-hybridized carbons (Fsp3) is 0.588. The highest BCUT2D eigenvalue weighted by molar-refractivity contribution is 5.87. The average molecular weight is 578 g/mol. The van der Waals surface area contributed by atoms with E-state index in [1.807, 2.05) is 36.4 Å². The Morgan fingerprint density at radius 2 is 1.71 bits per heavy atom. The van der Waals surface area contributed by atoms with Crippen molar-refractivity contribution in [3.8, 4) is 5.75 Å². The van der Waals surface area contributed by atoms with E-state index in [9.17, 15) is 14.7 Å². The van der Waals surface area contributed by atoms with Gasteiger partial charge in [0.25, 0.3) is 0 Å². The minimum Gasteiger partial charge on any atom is -0.496 e. The fourth-order valence-corrected chi connectivity index (χ4v) is 7.44. The van der Waals surface area contributed by atoms with Gasteiger partial charge in [-0.1, -0.05) is 70.4 Å². The largest absolute Gasteiger partial charge is 0.496 e. The molecular weight excluding hydrogens is 530 g/mol. The fourth-order valence-electron chi connectivity index (χ4n) is 7.44. The Bertz CT molecular complexity index is 1220. The van der Waals surface area contributed by atoms with E-state index in [2.05, 4.69) is 43.1 Å². The lowest BCUT2D eigenvalue weighted by molar-refractivity contribution is -0.154. The van der Waals surface area contributed by atoms with E-state index in [-0.39, 0.29) is 29.2 Å². The summed E-state index contributed by atoms with van der Waals surface area (Å²) in [6.45, 7) is 9.85. The summed E-state index contributed by atoms with van der Waals surface area (Å²) >= 11 is 0. The Hall–Kier alpha value is -3.10. The molecule has 8 heteroatoms. The number of morpholine rings is 1. The number of rotatable bonds is 8. The van der Waals surface area contributed by atoms with Crippen LogP contribution < -0.4 is 15.0 Å². The van der Waals surface area contributed by atoms with Crippen LogP contribution in [-0.4, -0.2) is 67.4 Å².